The molecular weight excluding hydrogens is 190 g/mol. The van der Waals surface area contributed by atoms with Crippen molar-refractivity contribution >= 4 is 23.8 Å². The first-order chi connectivity index (χ1) is 6.20. The van der Waals surface area contributed by atoms with Gasteiger partial charge in [0.1, 0.15) is 6.29 Å². The Morgan fingerprint density at radius 3 is 2.54 bits per heavy atom. The Kier molecular flexibility index (Phi) is 6.55. The van der Waals surface area contributed by atoms with E-state index < -0.39 is 0 Å². The van der Waals surface area contributed by atoms with E-state index in [-0.39, 0.29) is 5.91 Å². The smallest absolute Gasteiger partial charge is 0.221 e. The molecule has 0 aliphatic carbocycles. The number of nitrogens with one attached hydrogen (secondary N) is 1. The Morgan fingerprint density at radius 2 is 2.08 bits per heavy atom. The monoisotopic (exact) mass is 199 g/mol. The molecule has 0 spiro atoms. The van der Waals surface area contributed by atoms with Crippen LogP contribution in [0.25, 0.3) is 0 Å². The molecule has 1 amide bonds. The van der Waals surface area contributed by atoms with Crippen molar-refractivity contribution in [2.45, 2.75) is 6.92 Å². The van der Waals surface area contributed by atoms with Crippen LogP contribution in [0, 0.1) is 0 Å². The number of aldehydes is 1. The lowest BCUT2D eigenvalue weighted by Gasteiger charge is -1.99. The van der Waals surface area contributed by atoms with Gasteiger partial charge in [-0.25, -0.2) is 0 Å². The van der Waals surface area contributed by atoms with Gasteiger partial charge in [-0.15, -0.1) is 0 Å². The van der Waals surface area contributed by atoms with Gasteiger partial charge in [0, 0.05) is 18.2 Å². The second-order valence-corrected chi connectivity index (χ2v) is 2.37. The van der Waals surface area contributed by atoms with Crippen molar-refractivity contribution in [3.63, 3.8) is 0 Å². The van der Waals surface area contributed by atoms with Crippen molar-refractivity contribution in [2.24, 2.45) is 0 Å². The highest BCUT2D eigenvalue weighted by atomic mass is 35.5. The lowest BCUT2D eigenvalue weighted by Crippen LogP contribution is -2.17. The Hall–Kier alpha value is -1.35. The summed E-state index contributed by atoms with van der Waals surface area (Å²) in [5.41, 5.74) is 1.80. The molecule has 0 radical (unpaired) electrons. The quantitative estimate of drug-likeness (QED) is 0.424. The fourth-order valence-electron chi connectivity index (χ4n) is 0.615. The van der Waals surface area contributed by atoms with Gasteiger partial charge in [0.2, 0.25) is 5.91 Å². The average molecular weight is 200 g/mol. The molecule has 0 aromatic heterocycles. The summed E-state index contributed by atoms with van der Waals surface area (Å²) >= 11 is 5.33. The van der Waals surface area contributed by atoms with Gasteiger partial charge >= 0.3 is 0 Å². The van der Waals surface area contributed by atoms with Crippen molar-refractivity contribution in [3.05, 3.63) is 35.5 Å². The van der Waals surface area contributed by atoms with Crippen molar-refractivity contribution in [2.75, 3.05) is 0 Å². The van der Waals surface area contributed by atoms with E-state index in [0.717, 1.165) is 0 Å². The van der Waals surface area contributed by atoms with Gasteiger partial charge in [-0.05, 0) is 18.2 Å². The molecule has 0 aliphatic heterocycles. The van der Waals surface area contributed by atoms with Crippen LogP contribution in [0.15, 0.2) is 35.5 Å². The minimum Gasteiger partial charge on any atom is -0.326 e. The second-order valence-electron chi connectivity index (χ2n) is 2.12. The number of hydrogen-bond donors (Lipinski definition) is 1. The maximum atomic E-state index is 10.6. The molecule has 0 aromatic carbocycles. The Labute approximate surface area is 81.8 Å². The van der Waals surface area contributed by atoms with E-state index in [2.05, 4.69) is 5.32 Å². The maximum Gasteiger partial charge on any atom is 0.221 e. The van der Waals surface area contributed by atoms with Crippen LogP contribution >= 0.6 is 11.6 Å². The molecule has 0 aromatic rings. The van der Waals surface area contributed by atoms with Crippen molar-refractivity contribution < 1.29 is 9.59 Å². The summed E-state index contributed by atoms with van der Waals surface area (Å²) in [4.78, 5) is 20.6. The number of amides is 1. The molecule has 0 atom stereocenters. The van der Waals surface area contributed by atoms with Crippen LogP contribution in [-0.4, -0.2) is 12.2 Å². The van der Waals surface area contributed by atoms with E-state index in [1.807, 2.05) is 0 Å². The zero-order chi connectivity index (χ0) is 10.1. The van der Waals surface area contributed by atoms with Crippen molar-refractivity contribution in [3.8, 4) is 0 Å². The zero-order valence-corrected chi connectivity index (χ0v) is 7.91. The SMILES string of the molecule is CC(=O)NC(C=CCl)=CC=CC=O. The summed E-state index contributed by atoms with van der Waals surface area (Å²) in [6, 6.07) is 0. The first kappa shape index (κ1) is 11.6. The number of hydrogen-bond acceptors (Lipinski definition) is 2. The normalized spacial score (nSPS) is 12.3. The molecule has 0 bridgehead atoms. The Balaban J connectivity index is 4.39. The third-order valence-electron chi connectivity index (χ3n) is 1.03. The molecule has 4 heteroatoms. The highest BCUT2D eigenvalue weighted by Crippen LogP contribution is 1.94. The van der Waals surface area contributed by atoms with Gasteiger partial charge in [-0.3, -0.25) is 9.59 Å². The molecule has 0 aliphatic rings. The summed E-state index contributed by atoms with van der Waals surface area (Å²) in [5.74, 6) is -0.194. The summed E-state index contributed by atoms with van der Waals surface area (Å²) < 4.78 is 0. The van der Waals surface area contributed by atoms with Gasteiger partial charge in [0.15, 0.2) is 0 Å². The second kappa shape index (κ2) is 7.31. The van der Waals surface area contributed by atoms with Gasteiger partial charge in [0.05, 0.1) is 0 Å². The van der Waals surface area contributed by atoms with Gasteiger partial charge in [-0.2, -0.15) is 0 Å². The highest BCUT2D eigenvalue weighted by molar-refractivity contribution is 6.25. The molecule has 0 saturated carbocycles. The van der Waals surface area contributed by atoms with Crippen molar-refractivity contribution in [1.29, 1.82) is 0 Å². The van der Waals surface area contributed by atoms with Crippen molar-refractivity contribution in [1.82, 2.24) is 5.32 Å². The van der Waals surface area contributed by atoms with Gasteiger partial charge < -0.3 is 5.32 Å². The number of rotatable bonds is 4. The number of allylic oxidation sites excluding steroid dienone is 4. The van der Waals surface area contributed by atoms with Crippen LogP contribution in [0.2, 0.25) is 0 Å². The Bertz CT molecular complexity index is 267. The fraction of sp³-hybridized carbons (Fsp3) is 0.111. The summed E-state index contributed by atoms with van der Waals surface area (Å²) in [7, 11) is 0. The largest absolute Gasteiger partial charge is 0.326 e. The van der Waals surface area contributed by atoms with Crippen LogP contribution in [0.1, 0.15) is 6.92 Å². The number of carbonyl (C=O) groups excluding carboxylic acids is 2. The first-order valence-corrected chi connectivity index (χ1v) is 4.01. The molecule has 1 N–H and O–H groups in total. The molecule has 0 saturated heterocycles. The maximum absolute atomic E-state index is 10.6. The fourth-order valence-corrected chi connectivity index (χ4v) is 0.750. The standard InChI is InChI=1S/C9H10ClNO2/c1-8(13)11-9(5-6-10)4-2-3-7-12/h2-7H,1H3,(H,11,13). The molecule has 70 valence electrons. The topological polar surface area (TPSA) is 46.2 Å². The van der Waals surface area contributed by atoms with Crippen LogP contribution < -0.4 is 5.32 Å². The van der Waals surface area contributed by atoms with E-state index in [4.69, 9.17) is 11.6 Å². The highest BCUT2D eigenvalue weighted by Gasteiger charge is 1.92. The third kappa shape index (κ3) is 7.03. The number of carbonyl (C=O) groups is 2. The minimum atomic E-state index is -0.194. The summed E-state index contributed by atoms with van der Waals surface area (Å²) in [6.07, 6.45) is 6.54. The van der Waals surface area contributed by atoms with E-state index in [0.29, 0.717) is 12.0 Å². The average Bonchev–Trinajstić information content (AvgIpc) is 2.04. The van der Waals surface area contributed by atoms with E-state index in [1.54, 1.807) is 6.08 Å². The van der Waals surface area contributed by atoms with Crippen LogP contribution in [0.4, 0.5) is 0 Å². The van der Waals surface area contributed by atoms with Crippen LogP contribution in [0.3, 0.4) is 0 Å². The lowest BCUT2D eigenvalue weighted by atomic mass is 10.3. The van der Waals surface area contributed by atoms with E-state index in [9.17, 15) is 9.59 Å². The lowest BCUT2D eigenvalue weighted by molar-refractivity contribution is -0.118. The summed E-state index contributed by atoms with van der Waals surface area (Å²) in [5, 5.41) is 2.52. The molecule has 13 heavy (non-hydrogen) atoms. The predicted molar refractivity (Wildman–Crippen MR) is 52.1 cm³/mol. The molecule has 3 nitrogen and oxygen atoms in total. The predicted octanol–water partition coefficient (Wildman–Crippen LogP) is 1.51. The Morgan fingerprint density at radius 1 is 1.38 bits per heavy atom. The van der Waals surface area contributed by atoms with Gasteiger partial charge in [-0.1, -0.05) is 17.7 Å². The molecule has 0 unspecified atom stereocenters. The van der Waals surface area contributed by atoms with Crippen LogP contribution in [-0.2, 0) is 9.59 Å². The van der Waals surface area contributed by atoms with E-state index >= 15 is 0 Å². The zero-order valence-electron chi connectivity index (χ0n) is 7.16. The summed E-state index contributed by atoms with van der Waals surface area (Å²) in [6.45, 7) is 1.39. The van der Waals surface area contributed by atoms with Crippen LogP contribution in [0.5, 0.6) is 0 Å². The third-order valence-corrected chi connectivity index (χ3v) is 1.15. The first-order valence-electron chi connectivity index (χ1n) is 3.57. The molecular formula is C9H10ClNO2. The molecule has 0 fully saturated rings. The van der Waals surface area contributed by atoms with E-state index in [1.165, 1.54) is 30.7 Å². The minimum absolute atomic E-state index is 0.194. The molecule has 0 rings (SSSR count). The number of halogens is 1. The van der Waals surface area contributed by atoms with Gasteiger partial charge in [0.25, 0.3) is 0 Å². The molecule has 0 heterocycles.